The Morgan fingerprint density at radius 2 is 2.42 bits per heavy atom. The normalized spacial score (nSPS) is 26.0. The first-order chi connectivity index (χ1) is 5.83. The van der Waals surface area contributed by atoms with E-state index in [0.29, 0.717) is 6.04 Å². The minimum absolute atomic E-state index is 0.681. The zero-order chi connectivity index (χ0) is 8.81. The maximum Gasteiger partial charge on any atom is 0.00822 e. The molecule has 2 nitrogen and oxygen atoms in total. The Balaban J connectivity index is 2.03. The Hall–Kier alpha value is -0.0800. The summed E-state index contributed by atoms with van der Waals surface area (Å²) in [6.45, 7) is 6.89. The number of rotatable bonds is 5. The summed E-state index contributed by atoms with van der Waals surface area (Å²) in [4.78, 5) is 0. The molecule has 0 spiro atoms. The highest BCUT2D eigenvalue weighted by atomic mass is 15.0. The van der Waals surface area contributed by atoms with Crippen molar-refractivity contribution in [3.63, 3.8) is 0 Å². The van der Waals surface area contributed by atoms with E-state index in [0.717, 1.165) is 12.6 Å². The van der Waals surface area contributed by atoms with E-state index >= 15 is 0 Å². The quantitative estimate of drug-likeness (QED) is 0.653. The summed E-state index contributed by atoms with van der Waals surface area (Å²) in [5, 5.41) is 7.04. The van der Waals surface area contributed by atoms with E-state index in [4.69, 9.17) is 0 Å². The second kappa shape index (κ2) is 5.55. The van der Waals surface area contributed by atoms with E-state index < -0.39 is 0 Å². The van der Waals surface area contributed by atoms with Crippen LogP contribution in [-0.2, 0) is 0 Å². The van der Waals surface area contributed by atoms with Crippen LogP contribution in [0.5, 0.6) is 0 Å². The Bertz CT molecular complexity index is 108. The molecule has 1 saturated heterocycles. The maximum atomic E-state index is 3.52. The molecule has 0 aromatic carbocycles. The van der Waals surface area contributed by atoms with Gasteiger partial charge in [0.1, 0.15) is 0 Å². The molecule has 1 aliphatic heterocycles. The van der Waals surface area contributed by atoms with E-state index in [1.54, 1.807) is 0 Å². The molecule has 0 bridgehead atoms. The lowest BCUT2D eigenvalue weighted by Gasteiger charge is -2.17. The van der Waals surface area contributed by atoms with Gasteiger partial charge in [-0.1, -0.05) is 6.92 Å². The van der Waals surface area contributed by atoms with Crippen LogP contribution in [0.3, 0.4) is 0 Å². The third-order valence-electron chi connectivity index (χ3n) is 2.54. The predicted octanol–water partition coefficient (Wildman–Crippen LogP) is 1.52. The van der Waals surface area contributed by atoms with Crippen molar-refractivity contribution in [1.29, 1.82) is 0 Å². The maximum absolute atomic E-state index is 3.52. The Kier molecular flexibility index (Phi) is 4.62. The minimum Gasteiger partial charge on any atom is -0.314 e. The SMILES string of the molecule is CCCNC(C)CC1CCCN1. The molecule has 2 unspecified atom stereocenters. The summed E-state index contributed by atoms with van der Waals surface area (Å²) in [6, 6.07) is 1.46. The molecule has 1 heterocycles. The van der Waals surface area contributed by atoms with Gasteiger partial charge in [-0.15, -0.1) is 0 Å². The molecule has 12 heavy (non-hydrogen) atoms. The van der Waals surface area contributed by atoms with Gasteiger partial charge in [-0.3, -0.25) is 0 Å². The first kappa shape index (κ1) is 10.0. The van der Waals surface area contributed by atoms with Crippen LogP contribution in [0.2, 0.25) is 0 Å². The standard InChI is InChI=1S/C10H22N2/c1-3-6-11-9(2)8-10-5-4-7-12-10/h9-12H,3-8H2,1-2H3. The molecule has 2 heteroatoms. The molecule has 72 valence electrons. The lowest BCUT2D eigenvalue weighted by Crippen LogP contribution is -2.34. The Labute approximate surface area is 76.1 Å². The molecular formula is C10H22N2. The van der Waals surface area contributed by atoms with Crippen LogP contribution in [0.4, 0.5) is 0 Å². The van der Waals surface area contributed by atoms with Crippen LogP contribution >= 0.6 is 0 Å². The largest absolute Gasteiger partial charge is 0.314 e. The lowest BCUT2D eigenvalue weighted by molar-refractivity contribution is 0.441. The third kappa shape index (κ3) is 3.55. The second-order valence-corrected chi connectivity index (χ2v) is 3.88. The Morgan fingerprint density at radius 1 is 1.58 bits per heavy atom. The summed E-state index contributed by atoms with van der Waals surface area (Å²) >= 11 is 0. The zero-order valence-corrected chi connectivity index (χ0v) is 8.40. The summed E-state index contributed by atoms with van der Waals surface area (Å²) in [5.74, 6) is 0. The molecule has 0 amide bonds. The Morgan fingerprint density at radius 3 is 3.00 bits per heavy atom. The van der Waals surface area contributed by atoms with Gasteiger partial charge in [-0.2, -0.15) is 0 Å². The molecule has 2 N–H and O–H groups in total. The fourth-order valence-corrected chi connectivity index (χ4v) is 1.86. The van der Waals surface area contributed by atoms with Crippen molar-refractivity contribution in [2.45, 2.75) is 51.6 Å². The van der Waals surface area contributed by atoms with Crippen LogP contribution in [0.1, 0.15) is 39.5 Å². The topological polar surface area (TPSA) is 24.1 Å². The molecule has 0 radical (unpaired) electrons. The average molecular weight is 170 g/mol. The van der Waals surface area contributed by atoms with Gasteiger partial charge < -0.3 is 10.6 Å². The van der Waals surface area contributed by atoms with E-state index in [1.807, 2.05) is 0 Å². The van der Waals surface area contributed by atoms with Crippen LogP contribution in [0, 0.1) is 0 Å². The molecule has 0 aromatic heterocycles. The fraction of sp³-hybridized carbons (Fsp3) is 1.00. The van der Waals surface area contributed by atoms with Gasteiger partial charge in [-0.25, -0.2) is 0 Å². The molecule has 1 fully saturated rings. The molecule has 0 aromatic rings. The highest BCUT2D eigenvalue weighted by Gasteiger charge is 2.16. The third-order valence-corrected chi connectivity index (χ3v) is 2.54. The zero-order valence-electron chi connectivity index (χ0n) is 8.40. The van der Waals surface area contributed by atoms with Gasteiger partial charge in [0, 0.05) is 12.1 Å². The number of hydrogen-bond acceptors (Lipinski definition) is 2. The van der Waals surface area contributed by atoms with Gasteiger partial charge in [0.15, 0.2) is 0 Å². The van der Waals surface area contributed by atoms with Gasteiger partial charge in [-0.05, 0) is 45.7 Å². The molecule has 0 saturated carbocycles. The van der Waals surface area contributed by atoms with E-state index in [9.17, 15) is 0 Å². The first-order valence-corrected chi connectivity index (χ1v) is 5.29. The molecular weight excluding hydrogens is 148 g/mol. The highest BCUT2D eigenvalue weighted by Crippen LogP contribution is 2.10. The molecule has 0 aliphatic carbocycles. The van der Waals surface area contributed by atoms with Crippen molar-refractivity contribution in [2.24, 2.45) is 0 Å². The van der Waals surface area contributed by atoms with Crippen molar-refractivity contribution >= 4 is 0 Å². The van der Waals surface area contributed by atoms with Crippen LogP contribution in [0.25, 0.3) is 0 Å². The second-order valence-electron chi connectivity index (χ2n) is 3.88. The first-order valence-electron chi connectivity index (χ1n) is 5.29. The van der Waals surface area contributed by atoms with Crippen LogP contribution < -0.4 is 10.6 Å². The number of nitrogens with one attached hydrogen (secondary N) is 2. The number of hydrogen-bond donors (Lipinski definition) is 2. The summed E-state index contributed by atoms with van der Waals surface area (Å²) < 4.78 is 0. The van der Waals surface area contributed by atoms with Crippen molar-refractivity contribution in [1.82, 2.24) is 10.6 Å². The van der Waals surface area contributed by atoms with Gasteiger partial charge in [0.05, 0.1) is 0 Å². The monoisotopic (exact) mass is 170 g/mol. The van der Waals surface area contributed by atoms with Crippen molar-refractivity contribution in [2.75, 3.05) is 13.1 Å². The highest BCUT2D eigenvalue weighted by molar-refractivity contribution is 4.78. The van der Waals surface area contributed by atoms with Crippen molar-refractivity contribution in [3.8, 4) is 0 Å². The van der Waals surface area contributed by atoms with Crippen LogP contribution in [-0.4, -0.2) is 25.2 Å². The van der Waals surface area contributed by atoms with Gasteiger partial charge >= 0.3 is 0 Å². The molecule has 1 aliphatic rings. The van der Waals surface area contributed by atoms with Crippen molar-refractivity contribution in [3.05, 3.63) is 0 Å². The van der Waals surface area contributed by atoms with E-state index in [2.05, 4.69) is 24.5 Å². The van der Waals surface area contributed by atoms with Gasteiger partial charge in [0.25, 0.3) is 0 Å². The molecule has 1 rings (SSSR count). The summed E-state index contributed by atoms with van der Waals surface area (Å²) in [5.41, 5.74) is 0. The minimum atomic E-state index is 0.681. The van der Waals surface area contributed by atoms with Gasteiger partial charge in [0.2, 0.25) is 0 Å². The van der Waals surface area contributed by atoms with E-state index in [1.165, 1.54) is 32.2 Å². The summed E-state index contributed by atoms with van der Waals surface area (Å²) in [6.07, 6.45) is 5.27. The van der Waals surface area contributed by atoms with Crippen LogP contribution in [0.15, 0.2) is 0 Å². The van der Waals surface area contributed by atoms with E-state index in [-0.39, 0.29) is 0 Å². The lowest BCUT2D eigenvalue weighted by atomic mass is 10.1. The average Bonchev–Trinajstić information content (AvgIpc) is 2.53. The smallest absolute Gasteiger partial charge is 0.00822 e. The fourth-order valence-electron chi connectivity index (χ4n) is 1.86. The summed E-state index contributed by atoms with van der Waals surface area (Å²) in [7, 11) is 0. The molecule has 2 atom stereocenters. The predicted molar refractivity (Wildman–Crippen MR) is 53.4 cm³/mol. The van der Waals surface area contributed by atoms with Crippen molar-refractivity contribution < 1.29 is 0 Å².